The SMILES string of the molecule is O=C1CCc2cc(Br)c(OCCCCO)nc2N1. The molecule has 1 aliphatic rings. The highest BCUT2D eigenvalue weighted by atomic mass is 79.9. The van der Waals surface area contributed by atoms with Crippen molar-refractivity contribution in [1.29, 1.82) is 0 Å². The molecule has 0 atom stereocenters. The first-order chi connectivity index (χ1) is 8.70. The number of ether oxygens (including phenoxy) is 1. The monoisotopic (exact) mass is 314 g/mol. The van der Waals surface area contributed by atoms with E-state index in [0.717, 1.165) is 16.5 Å². The number of hydrogen-bond donors (Lipinski definition) is 2. The fourth-order valence-corrected chi connectivity index (χ4v) is 2.21. The maximum atomic E-state index is 11.3. The molecule has 6 heteroatoms. The number of aryl methyl sites for hydroxylation is 1. The summed E-state index contributed by atoms with van der Waals surface area (Å²) >= 11 is 3.41. The Morgan fingerprint density at radius 2 is 2.28 bits per heavy atom. The zero-order chi connectivity index (χ0) is 13.0. The van der Waals surface area contributed by atoms with Crippen LogP contribution in [0.1, 0.15) is 24.8 Å². The molecule has 5 nitrogen and oxygen atoms in total. The van der Waals surface area contributed by atoms with E-state index in [-0.39, 0.29) is 12.5 Å². The van der Waals surface area contributed by atoms with Crippen LogP contribution in [0.4, 0.5) is 5.82 Å². The number of halogens is 1. The number of aliphatic hydroxyl groups excluding tert-OH is 1. The number of nitrogens with one attached hydrogen (secondary N) is 1. The molecule has 0 fully saturated rings. The molecule has 0 saturated heterocycles. The first-order valence-electron chi connectivity index (χ1n) is 5.93. The van der Waals surface area contributed by atoms with E-state index >= 15 is 0 Å². The van der Waals surface area contributed by atoms with Crippen LogP contribution in [0.15, 0.2) is 10.5 Å². The quantitative estimate of drug-likeness (QED) is 0.814. The van der Waals surface area contributed by atoms with E-state index in [9.17, 15) is 4.79 Å². The number of aliphatic hydroxyl groups is 1. The number of nitrogens with zero attached hydrogens (tertiary/aromatic N) is 1. The molecule has 2 heterocycles. The average molecular weight is 315 g/mol. The van der Waals surface area contributed by atoms with Gasteiger partial charge >= 0.3 is 0 Å². The van der Waals surface area contributed by atoms with Gasteiger partial charge in [-0.05, 0) is 46.8 Å². The third-order valence-electron chi connectivity index (χ3n) is 2.69. The summed E-state index contributed by atoms with van der Waals surface area (Å²) < 4.78 is 6.31. The number of pyridine rings is 1. The van der Waals surface area contributed by atoms with Gasteiger partial charge in [-0.25, -0.2) is 0 Å². The van der Waals surface area contributed by atoms with E-state index in [2.05, 4.69) is 26.2 Å². The second kappa shape index (κ2) is 6.15. The highest BCUT2D eigenvalue weighted by Gasteiger charge is 2.18. The van der Waals surface area contributed by atoms with Gasteiger partial charge < -0.3 is 15.2 Å². The number of aromatic nitrogens is 1. The molecule has 0 radical (unpaired) electrons. The van der Waals surface area contributed by atoms with E-state index in [4.69, 9.17) is 9.84 Å². The van der Waals surface area contributed by atoms with Crippen molar-refractivity contribution in [3.05, 3.63) is 16.1 Å². The van der Waals surface area contributed by atoms with Gasteiger partial charge in [-0.2, -0.15) is 4.98 Å². The van der Waals surface area contributed by atoms with Crippen LogP contribution in [0.2, 0.25) is 0 Å². The molecule has 1 aromatic rings. The van der Waals surface area contributed by atoms with Crippen molar-refractivity contribution in [2.24, 2.45) is 0 Å². The Morgan fingerprint density at radius 3 is 3.06 bits per heavy atom. The third kappa shape index (κ3) is 3.20. The standard InChI is InChI=1S/C12H15BrN2O3/c13-9-7-8-3-4-10(17)14-11(8)15-12(9)18-6-2-1-5-16/h7,16H,1-6H2,(H,14,15,17). The summed E-state index contributed by atoms with van der Waals surface area (Å²) in [6.07, 6.45) is 2.68. The number of carbonyl (C=O) groups is 1. The summed E-state index contributed by atoms with van der Waals surface area (Å²) in [5.41, 5.74) is 1.02. The Morgan fingerprint density at radius 1 is 1.44 bits per heavy atom. The third-order valence-corrected chi connectivity index (χ3v) is 3.26. The van der Waals surface area contributed by atoms with Crippen LogP contribution in [0.3, 0.4) is 0 Å². The topological polar surface area (TPSA) is 71.5 Å². The molecule has 0 saturated carbocycles. The smallest absolute Gasteiger partial charge is 0.229 e. The number of anilines is 1. The van der Waals surface area contributed by atoms with Crippen molar-refractivity contribution in [2.45, 2.75) is 25.7 Å². The lowest BCUT2D eigenvalue weighted by Crippen LogP contribution is -2.20. The van der Waals surface area contributed by atoms with E-state index < -0.39 is 0 Å². The van der Waals surface area contributed by atoms with Gasteiger partial charge in [0.25, 0.3) is 0 Å². The van der Waals surface area contributed by atoms with Crippen molar-refractivity contribution in [1.82, 2.24) is 4.98 Å². The number of rotatable bonds is 5. The van der Waals surface area contributed by atoms with Crippen LogP contribution in [-0.2, 0) is 11.2 Å². The molecule has 0 aromatic carbocycles. The summed E-state index contributed by atoms with van der Waals surface area (Å²) in [7, 11) is 0. The molecule has 1 aliphatic heterocycles. The predicted octanol–water partition coefficient (Wildman–Crippen LogP) is 1.88. The van der Waals surface area contributed by atoms with Crippen LogP contribution >= 0.6 is 15.9 Å². The van der Waals surface area contributed by atoms with Gasteiger partial charge in [0.05, 0.1) is 11.1 Å². The molecule has 0 spiro atoms. The minimum atomic E-state index is -0.0106. The summed E-state index contributed by atoms with van der Waals surface area (Å²) in [6.45, 7) is 0.664. The van der Waals surface area contributed by atoms with Crippen LogP contribution in [0, 0.1) is 0 Å². The summed E-state index contributed by atoms with van der Waals surface area (Å²) in [4.78, 5) is 15.6. The van der Waals surface area contributed by atoms with E-state index in [1.807, 2.05) is 6.07 Å². The van der Waals surface area contributed by atoms with Crippen molar-refractivity contribution in [3.63, 3.8) is 0 Å². The second-order valence-electron chi connectivity index (χ2n) is 4.11. The fraction of sp³-hybridized carbons (Fsp3) is 0.500. The van der Waals surface area contributed by atoms with Crippen molar-refractivity contribution >= 4 is 27.7 Å². The zero-order valence-corrected chi connectivity index (χ0v) is 11.5. The van der Waals surface area contributed by atoms with Crippen LogP contribution in [0.25, 0.3) is 0 Å². The Hall–Kier alpha value is -1.14. The molecule has 1 aromatic heterocycles. The van der Waals surface area contributed by atoms with E-state index in [1.54, 1.807) is 0 Å². The lowest BCUT2D eigenvalue weighted by Gasteiger charge is -2.17. The molecule has 18 heavy (non-hydrogen) atoms. The van der Waals surface area contributed by atoms with E-state index in [0.29, 0.717) is 37.6 Å². The van der Waals surface area contributed by atoms with Gasteiger partial charge in [0.15, 0.2) is 0 Å². The summed E-state index contributed by atoms with van der Waals surface area (Å²) in [5, 5.41) is 11.4. The first-order valence-corrected chi connectivity index (χ1v) is 6.73. The van der Waals surface area contributed by atoms with E-state index in [1.165, 1.54) is 0 Å². The highest BCUT2D eigenvalue weighted by molar-refractivity contribution is 9.10. The number of hydrogen-bond acceptors (Lipinski definition) is 4. The molecule has 98 valence electrons. The van der Waals surface area contributed by atoms with Crippen LogP contribution < -0.4 is 10.1 Å². The fourth-order valence-electron chi connectivity index (χ4n) is 1.74. The van der Waals surface area contributed by atoms with Gasteiger partial charge in [-0.15, -0.1) is 0 Å². The Bertz CT molecular complexity index is 451. The Labute approximate surface area is 114 Å². The largest absolute Gasteiger partial charge is 0.477 e. The minimum Gasteiger partial charge on any atom is -0.477 e. The predicted molar refractivity (Wildman–Crippen MR) is 70.7 cm³/mol. The maximum Gasteiger partial charge on any atom is 0.229 e. The molecular formula is C12H15BrN2O3. The van der Waals surface area contributed by atoms with Crippen molar-refractivity contribution < 1.29 is 14.6 Å². The molecule has 1 amide bonds. The van der Waals surface area contributed by atoms with Gasteiger partial charge in [0.2, 0.25) is 11.8 Å². The lowest BCUT2D eigenvalue weighted by atomic mass is 10.1. The molecule has 0 aliphatic carbocycles. The second-order valence-corrected chi connectivity index (χ2v) is 4.96. The summed E-state index contributed by atoms with van der Waals surface area (Å²) in [6, 6.07) is 1.93. The highest BCUT2D eigenvalue weighted by Crippen LogP contribution is 2.30. The molecule has 2 rings (SSSR count). The lowest BCUT2D eigenvalue weighted by molar-refractivity contribution is -0.116. The van der Waals surface area contributed by atoms with Gasteiger partial charge in [-0.3, -0.25) is 4.79 Å². The van der Waals surface area contributed by atoms with Crippen LogP contribution in [0.5, 0.6) is 5.88 Å². The number of unbranched alkanes of at least 4 members (excludes halogenated alkanes) is 1. The van der Waals surface area contributed by atoms with Gasteiger partial charge in [0, 0.05) is 13.0 Å². The number of fused-ring (bicyclic) bond motifs is 1. The molecule has 0 unspecified atom stereocenters. The minimum absolute atomic E-state index is 0.0106. The van der Waals surface area contributed by atoms with Crippen molar-refractivity contribution in [3.8, 4) is 5.88 Å². The molecule has 0 bridgehead atoms. The van der Waals surface area contributed by atoms with Crippen LogP contribution in [-0.4, -0.2) is 29.2 Å². The normalized spacial score (nSPS) is 14.0. The van der Waals surface area contributed by atoms with Crippen molar-refractivity contribution in [2.75, 3.05) is 18.5 Å². The average Bonchev–Trinajstić information content (AvgIpc) is 2.35. The number of amides is 1. The summed E-state index contributed by atoms with van der Waals surface area (Å²) in [5.74, 6) is 1.06. The Balaban J connectivity index is 2.06. The number of carbonyl (C=O) groups excluding carboxylic acids is 1. The van der Waals surface area contributed by atoms with Gasteiger partial charge in [0.1, 0.15) is 5.82 Å². The molecular weight excluding hydrogens is 300 g/mol. The van der Waals surface area contributed by atoms with Gasteiger partial charge in [-0.1, -0.05) is 0 Å². The molecule has 2 N–H and O–H groups in total. The maximum absolute atomic E-state index is 11.3. The first kappa shape index (κ1) is 13.3. The Kier molecular flexibility index (Phi) is 4.54. The zero-order valence-electron chi connectivity index (χ0n) is 9.91.